The Labute approximate surface area is 81.6 Å². The molecule has 1 saturated carbocycles. The molecule has 14 heavy (non-hydrogen) atoms. The number of hydrogen-bond acceptors (Lipinski definition) is 4. The van der Waals surface area contributed by atoms with Crippen molar-refractivity contribution in [1.29, 1.82) is 0 Å². The van der Waals surface area contributed by atoms with Gasteiger partial charge in [0.1, 0.15) is 11.8 Å². The highest BCUT2D eigenvalue weighted by Crippen LogP contribution is 2.52. The van der Waals surface area contributed by atoms with Gasteiger partial charge in [-0.3, -0.25) is 20.2 Å². The van der Waals surface area contributed by atoms with Gasteiger partial charge in [0.2, 0.25) is 0 Å². The van der Waals surface area contributed by atoms with E-state index in [2.05, 4.69) is 0 Å². The third-order valence-corrected chi connectivity index (χ3v) is 3.68. The molecule has 0 spiro atoms. The molecule has 0 saturated heterocycles. The lowest BCUT2D eigenvalue weighted by Crippen LogP contribution is -2.69. The highest BCUT2D eigenvalue weighted by molar-refractivity contribution is 4.98. The summed E-state index contributed by atoms with van der Waals surface area (Å²) >= 11 is 0. The third kappa shape index (κ3) is 0.964. The van der Waals surface area contributed by atoms with Crippen LogP contribution in [0.1, 0.15) is 27.2 Å². The van der Waals surface area contributed by atoms with E-state index in [-0.39, 0.29) is 5.92 Å². The number of nitro groups is 2. The second-order valence-electron chi connectivity index (χ2n) is 3.95. The molecule has 0 N–H and O–H groups in total. The molecule has 0 heterocycles. The fraction of sp³-hybridized carbons (Fsp3) is 1.00. The molecular weight excluding hydrogens is 188 g/mol. The van der Waals surface area contributed by atoms with Crippen molar-refractivity contribution < 1.29 is 9.85 Å². The van der Waals surface area contributed by atoms with Crippen LogP contribution in [0.4, 0.5) is 0 Å². The third-order valence-electron chi connectivity index (χ3n) is 3.68. The molecular formula is C8H14N2O4. The number of rotatable bonds is 3. The molecule has 0 aromatic carbocycles. The van der Waals surface area contributed by atoms with Crippen molar-refractivity contribution in [2.45, 2.75) is 32.9 Å². The second kappa shape index (κ2) is 3.18. The Kier molecular flexibility index (Phi) is 2.47. The van der Waals surface area contributed by atoms with Crippen molar-refractivity contribution in [2.75, 3.05) is 0 Å². The van der Waals surface area contributed by atoms with Gasteiger partial charge in [-0.2, -0.15) is 0 Å². The van der Waals surface area contributed by atoms with Crippen molar-refractivity contribution in [2.24, 2.45) is 17.8 Å². The highest BCUT2D eigenvalue weighted by Gasteiger charge is 2.77. The molecule has 0 amide bonds. The van der Waals surface area contributed by atoms with Gasteiger partial charge in [-0.15, -0.1) is 0 Å². The Morgan fingerprint density at radius 3 is 1.71 bits per heavy atom. The first-order valence-electron chi connectivity index (χ1n) is 4.69. The molecule has 0 radical (unpaired) electrons. The molecule has 0 aromatic rings. The summed E-state index contributed by atoms with van der Waals surface area (Å²) in [6, 6.07) is 0. The Morgan fingerprint density at radius 1 is 1.14 bits per heavy atom. The van der Waals surface area contributed by atoms with Crippen LogP contribution in [0.2, 0.25) is 0 Å². The van der Waals surface area contributed by atoms with Crippen LogP contribution in [0, 0.1) is 38.0 Å². The van der Waals surface area contributed by atoms with Crippen LogP contribution in [0.3, 0.4) is 0 Å². The van der Waals surface area contributed by atoms with Crippen LogP contribution in [-0.2, 0) is 0 Å². The fourth-order valence-electron chi connectivity index (χ4n) is 2.80. The van der Waals surface area contributed by atoms with E-state index < -0.39 is 27.3 Å². The smallest absolute Gasteiger partial charge is 0.258 e. The molecule has 6 nitrogen and oxygen atoms in total. The highest BCUT2D eigenvalue weighted by atomic mass is 16.7. The van der Waals surface area contributed by atoms with Crippen LogP contribution in [0.25, 0.3) is 0 Å². The topological polar surface area (TPSA) is 86.3 Å². The van der Waals surface area contributed by atoms with E-state index in [1.807, 2.05) is 6.92 Å². The zero-order valence-electron chi connectivity index (χ0n) is 8.47. The molecule has 80 valence electrons. The summed E-state index contributed by atoms with van der Waals surface area (Å²) in [7, 11) is 0. The first kappa shape index (κ1) is 10.9. The molecule has 0 bridgehead atoms. The van der Waals surface area contributed by atoms with E-state index in [4.69, 9.17) is 0 Å². The molecule has 0 aliphatic heterocycles. The maximum Gasteiger partial charge on any atom is 0.463 e. The molecule has 2 unspecified atom stereocenters. The van der Waals surface area contributed by atoms with Gasteiger partial charge in [0.25, 0.3) is 0 Å². The summed E-state index contributed by atoms with van der Waals surface area (Å²) in [5.41, 5.74) is -1.94. The van der Waals surface area contributed by atoms with E-state index in [0.29, 0.717) is 0 Å². The molecule has 1 aliphatic carbocycles. The summed E-state index contributed by atoms with van der Waals surface area (Å²) in [5.74, 6) is -0.870. The summed E-state index contributed by atoms with van der Waals surface area (Å²) < 4.78 is 0. The summed E-state index contributed by atoms with van der Waals surface area (Å²) in [4.78, 5) is 20.1. The van der Waals surface area contributed by atoms with Gasteiger partial charge in [0, 0.05) is 0 Å². The maximum absolute atomic E-state index is 10.8. The molecule has 1 rings (SSSR count). The van der Waals surface area contributed by atoms with Crippen molar-refractivity contribution in [3.63, 3.8) is 0 Å². The minimum atomic E-state index is -1.94. The van der Waals surface area contributed by atoms with Gasteiger partial charge >= 0.3 is 5.66 Å². The lowest BCUT2D eigenvalue weighted by Gasteiger charge is -2.44. The Bertz CT molecular complexity index is 253. The van der Waals surface area contributed by atoms with Crippen molar-refractivity contribution >= 4 is 0 Å². The van der Waals surface area contributed by atoms with Crippen LogP contribution in [-0.4, -0.2) is 15.5 Å². The Morgan fingerprint density at radius 2 is 1.50 bits per heavy atom. The van der Waals surface area contributed by atoms with Crippen LogP contribution in [0.15, 0.2) is 0 Å². The summed E-state index contributed by atoms with van der Waals surface area (Å²) in [6.45, 7) is 5.10. The predicted molar refractivity (Wildman–Crippen MR) is 48.8 cm³/mol. The van der Waals surface area contributed by atoms with E-state index in [9.17, 15) is 20.2 Å². The van der Waals surface area contributed by atoms with Crippen molar-refractivity contribution in [3.8, 4) is 0 Å². The molecule has 2 atom stereocenters. The van der Waals surface area contributed by atoms with Crippen LogP contribution >= 0.6 is 0 Å². The Hall–Kier alpha value is -1.20. The fourth-order valence-corrected chi connectivity index (χ4v) is 2.80. The predicted octanol–water partition coefficient (Wildman–Crippen LogP) is 1.55. The van der Waals surface area contributed by atoms with E-state index in [1.54, 1.807) is 13.8 Å². The quantitative estimate of drug-likeness (QED) is 0.394. The normalized spacial score (nSPS) is 34.6. The minimum absolute atomic E-state index is 0.0887. The van der Waals surface area contributed by atoms with Crippen LogP contribution < -0.4 is 0 Å². The minimum Gasteiger partial charge on any atom is -0.258 e. The monoisotopic (exact) mass is 202 g/mol. The van der Waals surface area contributed by atoms with Gasteiger partial charge in [-0.1, -0.05) is 13.3 Å². The number of hydrogen-bond donors (Lipinski definition) is 0. The standard InChI is InChI=1S/C8H14N2O4/c1-4-7-5(2)8(6(7)3,9(11)12)10(13)14/h5-7H,4H2,1-3H3. The zero-order valence-corrected chi connectivity index (χ0v) is 8.47. The largest absolute Gasteiger partial charge is 0.463 e. The van der Waals surface area contributed by atoms with Gasteiger partial charge in [0.05, 0.1) is 9.85 Å². The lowest BCUT2D eigenvalue weighted by atomic mass is 9.57. The first-order valence-corrected chi connectivity index (χ1v) is 4.69. The van der Waals surface area contributed by atoms with Crippen molar-refractivity contribution in [1.82, 2.24) is 0 Å². The van der Waals surface area contributed by atoms with Gasteiger partial charge in [0.15, 0.2) is 0 Å². The first-order chi connectivity index (χ1) is 6.40. The van der Waals surface area contributed by atoms with Gasteiger partial charge < -0.3 is 0 Å². The average Bonchev–Trinajstić information content (AvgIpc) is 2.04. The zero-order chi connectivity index (χ0) is 11.1. The molecule has 1 fully saturated rings. The summed E-state index contributed by atoms with van der Waals surface area (Å²) in [5, 5.41) is 21.6. The average molecular weight is 202 g/mol. The summed E-state index contributed by atoms with van der Waals surface area (Å²) in [6.07, 6.45) is 0.756. The van der Waals surface area contributed by atoms with Crippen LogP contribution in [0.5, 0.6) is 0 Å². The van der Waals surface area contributed by atoms with E-state index in [1.165, 1.54) is 0 Å². The molecule has 1 aliphatic rings. The Balaban J connectivity index is 3.04. The van der Waals surface area contributed by atoms with Gasteiger partial charge in [-0.05, 0) is 19.8 Å². The van der Waals surface area contributed by atoms with Crippen molar-refractivity contribution in [3.05, 3.63) is 20.2 Å². The lowest BCUT2D eigenvalue weighted by molar-refractivity contribution is -0.837. The van der Waals surface area contributed by atoms with E-state index >= 15 is 0 Å². The van der Waals surface area contributed by atoms with Gasteiger partial charge in [-0.25, -0.2) is 0 Å². The second-order valence-corrected chi connectivity index (χ2v) is 3.95. The maximum atomic E-state index is 10.8. The SMILES string of the molecule is CCC1C(C)C([N+](=O)[O-])([N+](=O)[O-])C1C. The van der Waals surface area contributed by atoms with E-state index in [0.717, 1.165) is 6.42 Å². The number of nitrogens with zero attached hydrogens (tertiary/aromatic N) is 2. The molecule has 0 aromatic heterocycles. The molecule has 6 heteroatoms.